The lowest BCUT2D eigenvalue weighted by Gasteiger charge is -2.27. The number of halogens is 1. The topological polar surface area (TPSA) is 21.3 Å². The molecule has 2 aromatic carbocycles. The number of benzene rings is 2. The van der Waals surface area contributed by atoms with E-state index in [9.17, 15) is 4.39 Å². The first-order valence-corrected chi connectivity index (χ1v) is 5.99. The zero-order chi connectivity index (χ0) is 12.5. The van der Waals surface area contributed by atoms with E-state index in [1.165, 1.54) is 17.7 Å². The van der Waals surface area contributed by atoms with Crippen molar-refractivity contribution in [2.24, 2.45) is 0 Å². The Morgan fingerprint density at radius 2 is 1.94 bits per heavy atom. The molecule has 1 N–H and O–H groups in total. The molecule has 92 valence electrons. The number of hydrogen-bond acceptors (Lipinski definition) is 2. The summed E-state index contributed by atoms with van der Waals surface area (Å²) in [5.41, 5.74) is 3.16. The third-order valence-electron chi connectivity index (χ3n) is 3.14. The molecule has 2 aromatic rings. The van der Waals surface area contributed by atoms with Crippen LogP contribution >= 0.6 is 0 Å². The Kier molecular flexibility index (Phi) is 2.67. The first-order valence-electron chi connectivity index (χ1n) is 5.99. The van der Waals surface area contributed by atoms with Gasteiger partial charge in [-0.25, -0.2) is 4.39 Å². The Labute approximate surface area is 105 Å². The minimum atomic E-state index is -0.278. The molecular weight excluding hydrogens is 229 g/mol. The molecule has 0 saturated carbocycles. The Bertz CT molecular complexity index is 565. The van der Waals surface area contributed by atoms with Crippen LogP contribution in [0.1, 0.15) is 17.2 Å². The SMILES string of the molecule is Cc1ccc(C2CNc3ccc(F)cc3O2)cc1. The molecule has 1 atom stereocenters. The van der Waals surface area contributed by atoms with Gasteiger partial charge in [0.25, 0.3) is 0 Å². The van der Waals surface area contributed by atoms with E-state index in [1.807, 2.05) is 12.1 Å². The Morgan fingerprint density at radius 3 is 2.72 bits per heavy atom. The summed E-state index contributed by atoms with van der Waals surface area (Å²) in [6.07, 6.45) is -0.0695. The number of aryl methyl sites for hydroxylation is 1. The number of hydrogen-bond donors (Lipinski definition) is 1. The quantitative estimate of drug-likeness (QED) is 0.825. The third-order valence-corrected chi connectivity index (χ3v) is 3.14. The van der Waals surface area contributed by atoms with Gasteiger partial charge in [0, 0.05) is 6.07 Å². The van der Waals surface area contributed by atoms with Crippen LogP contribution in [0.25, 0.3) is 0 Å². The zero-order valence-electron chi connectivity index (χ0n) is 10.1. The van der Waals surface area contributed by atoms with Gasteiger partial charge < -0.3 is 10.1 Å². The van der Waals surface area contributed by atoms with E-state index in [0.717, 1.165) is 11.3 Å². The summed E-state index contributed by atoms with van der Waals surface area (Å²) in [7, 11) is 0. The number of fused-ring (bicyclic) bond motifs is 1. The van der Waals surface area contributed by atoms with Crippen molar-refractivity contribution >= 4 is 5.69 Å². The summed E-state index contributed by atoms with van der Waals surface area (Å²) in [6.45, 7) is 2.75. The van der Waals surface area contributed by atoms with Crippen molar-refractivity contribution in [1.29, 1.82) is 0 Å². The van der Waals surface area contributed by atoms with Crippen LogP contribution < -0.4 is 10.1 Å². The molecule has 0 saturated heterocycles. The van der Waals surface area contributed by atoms with E-state index in [4.69, 9.17) is 4.74 Å². The van der Waals surface area contributed by atoms with Gasteiger partial charge in [0.15, 0.2) is 0 Å². The fraction of sp³-hybridized carbons (Fsp3) is 0.200. The molecule has 1 aliphatic rings. The lowest BCUT2D eigenvalue weighted by atomic mass is 10.1. The number of ether oxygens (including phenoxy) is 1. The van der Waals surface area contributed by atoms with Crippen molar-refractivity contribution in [1.82, 2.24) is 0 Å². The first kappa shape index (κ1) is 11.1. The minimum Gasteiger partial charge on any atom is -0.482 e. The van der Waals surface area contributed by atoms with Crippen LogP contribution in [0, 0.1) is 12.7 Å². The maximum Gasteiger partial charge on any atom is 0.146 e. The first-order chi connectivity index (χ1) is 8.72. The summed E-state index contributed by atoms with van der Waals surface area (Å²) in [6, 6.07) is 12.8. The summed E-state index contributed by atoms with van der Waals surface area (Å²) in [4.78, 5) is 0. The van der Waals surface area contributed by atoms with Crippen LogP contribution in [0.5, 0.6) is 5.75 Å². The number of rotatable bonds is 1. The van der Waals surface area contributed by atoms with Gasteiger partial charge in [0.2, 0.25) is 0 Å². The highest BCUT2D eigenvalue weighted by molar-refractivity contribution is 5.58. The number of nitrogens with one attached hydrogen (secondary N) is 1. The monoisotopic (exact) mass is 243 g/mol. The summed E-state index contributed by atoms with van der Waals surface area (Å²) in [5.74, 6) is 0.298. The van der Waals surface area contributed by atoms with E-state index >= 15 is 0 Å². The van der Waals surface area contributed by atoms with E-state index in [0.29, 0.717) is 12.3 Å². The van der Waals surface area contributed by atoms with Crippen molar-refractivity contribution < 1.29 is 9.13 Å². The van der Waals surface area contributed by atoms with Crippen LogP contribution in [0.15, 0.2) is 42.5 Å². The van der Waals surface area contributed by atoms with Gasteiger partial charge in [-0.15, -0.1) is 0 Å². The summed E-state index contributed by atoms with van der Waals surface area (Å²) >= 11 is 0. The van der Waals surface area contributed by atoms with Gasteiger partial charge >= 0.3 is 0 Å². The van der Waals surface area contributed by atoms with Gasteiger partial charge in [-0.3, -0.25) is 0 Å². The molecule has 1 unspecified atom stereocenters. The Hall–Kier alpha value is -2.03. The highest BCUT2D eigenvalue weighted by Crippen LogP contribution is 2.34. The maximum absolute atomic E-state index is 13.2. The van der Waals surface area contributed by atoms with Gasteiger partial charge in [-0.1, -0.05) is 29.8 Å². The second-order valence-electron chi connectivity index (χ2n) is 4.54. The molecule has 2 nitrogen and oxygen atoms in total. The lowest BCUT2D eigenvalue weighted by molar-refractivity contribution is 0.209. The molecule has 0 spiro atoms. The van der Waals surface area contributed by atoms with Crippen molar-refractivity contribution in [3.63, 3.8) is 0 Å². The predicted molar refractivity (Wildman–Crippen MR) is 69.4 cm³/mol. The molecule has 3 rings (SSSR count). The smallest absolute Gasteiger partial charge is 0.146 e. The molecule has 18 heavy (non-hydrogen) atoms. The molecule has 0 fully saturated rings. The van der Waals surface area contributed by atoms with Crippen molar-refractivity contribution in [2.45, 2.75) is 13.0 Å². The second kappa shape index (κ2) is 4.33. The molecule has 0 amide bonds. The highest BCUT2D eigenvalue weighted by Gasteiger charge is 2.20. The lowest BCUT2D eigenvalue weighted by Crippen LogP contribution is -2.23. The fourth-order valence-electron chi connectivity index (χ4n) is 2.10. The number of anilines is 1. The van der Waals surface area contributed by atoms with Crippen LogP contribution in [0.4, 0.5) is 10.1 Å². The summed E-state index contributed by atoms with van der Waals surface area (Å²) in [5, 5.41) is 3.26. The Morgan fingerprint density at radius 1 is 1.17 bits per heavy atom. The van der Waals surface area contributed by atoms with E-state index in [1.54, 1.807) is 6.07 Å². The van der Waals surface area contributed by atoms with Gasteiger partial charge in [0.05, 0.1) is 12.2 Å². The van der Waals surface area contributed by atoms with Crippen molar-refractivity contribution in [3.05, 3.63) is 59.4 Å². The van der Waals surface area contributed by atoms with Crippen LogP contribution in [-0.4, -0.2) is 6.54 Å². The molecule has 1 heterocycles. The van der Waals surface area contributed by atoms with Crippen LogP contribution in [0.2, 0.25) is 0 Å². The van der Waals surface area contributed by atoms with Crippen molar-refractivity contribution in [3.8, 4) is 5.75 Å². The van der Waals surface area contributed by atoms with Gasteiger partial charge in [0.1, 0.15) is 17.7 Å². The third kappa shape index (κ3) is 2.04. The molecule has 0 radical (unpaired) electrons. The molecule has 0 aliphatic carbocycles. The fourth-order valence-corrected chi connectivity index (χ4v) is 2.10. The normalized spacial score (nSPS) is 17.6. The summed E-state index contributed by atoms with van der Waals surface area (Å²) < 4.78 is 19.0. The average Bonchev–Trinajstić information content (AvgIpc) is 2.38. The Balaban J connectivity index is 1.88. The molecule has 1 aliphatic heterocycles. The predicted octanol–water partition coefficient (Wildman–Crippen LogP) is 3.68. The average molecular weight is 243 g/mol. The van der Waals surface area contributed by atoms with Crippen LogP contribution in [-0.2, 0) is 0 Å². The molecule has 3 heteroatoms. The molecular formula is C15H14FNO. The van der Waals surface area contributed by atoms with Gasteiger partial charge in [-0.2, -0.15) is 0 Å². The molecule has 0 bridgehead atoms. The molecule has 0 aromatic heterocycles. The van der Waals surface area contributed by atoms with Gasteiger partial charge in [-0.05, 0) is 24.6 Å². The zero-order valence-corrected chi connectivity index (χ0v) is 10.1. The minimum absolute atomic E-state index is 0.0695. The van der Waals surface area contributed by atoms with Crippen LogP contribution in [0.3, 0.4) is 0 Å². The van der Waals surface area contributed by atoms with E-state index in [2.05, 4.69) is 24.4 Å². The highest BCUT2D eigenvalue weighted by atomic mass is 19.1. The van der Waals surface area contributed by atoms with E-state index < -0.39 is 0 Å². The second-order valence-corrected chi connectivity index (χ2v) is 4.54. The van der Waals surface area contributed by atoms with E-state index in [-0.39, 0.29) is 11.9 Å². The standard InChI is InChI=1S/C15H14FNO/c1-10-2-4-11(5-3-10)15-9-17-13-7-6-12(16)8-14(13)18-15/h2-8,15,17H,9H2,1H3. The maximum atomic E-state index is 13.2. The largest absolute Gasteiger partial charge is 0.482 e. The van der Waals surface area contributed by atoms with Crippen molar-refractivity contribution in [2.75, 3.05) is 11.9 Å².